The lowest BCUT2D eigenvalue weighted by molar-refractivity contribution is 0.0958. The number of hydrogen-bond acceptors (Lipinski definition) is 4. The Kier molecular flexibility index (Phi) is 6.03. The third kappa shape index (κ3) is 4.99. The van der Waals surface area contributed by atoms with Crippen molar-refractivity contribution in [2.75, 3.05) is 17.9 Å². The molecular weight excluding hydrogens is 340 g/mol. The molecule has 6 nitrogen and oxygen atoms in total. The summed E-state index contributed by atoms with van der Waals surface area (Å²) in [6.45, 7) is 2.44. The molecule has 0 fully saturated rings. The Hall–Kier alpha value is -2.98. The van der Waals surface area contributed by atoms with Crippen LogP contribution in [0.2, 0.25) is 0 Å². The van der Waals surface area contributed by atoms with Gasteiger partial charge in [-0.3, -0.25) is 9.52 Å². The molecule has 2 rings (SSSR count). The molecule has 0 aliphatic heterocycles. The van der Waals surface area contributed by atoms with Crippen LogP contribution in [0.4, 0.5) is 5.69 Å². The van der Waals surface area contributed by atoms with Crippen molar-refractivity contribution < 1.29 is 17.9 Å². The van der Waals surface area contributed by atoms with Gasteiger partial charge in [-0.15, -0.1) is 6.42 Å². The standard InChI is InChI=1S/C18H18N2O4S/c1-3-12-19-18(21)14-6-5-7-15(13-14)20-25(22,23)17-10-8-16(9-11-17)24-4-2/h1,5-11,13,20H,4,12H2,2H3,(H,19,21). The van der Waals surface area contributed by atoms with Gasteiger partial charge in [0.25, 0.3) is 15.9 Å². The number of nitrogens with one attached hydrogen (secondary N) is 2. The maximum atomic E-state index is 12.4. The number of carbonyl (C=O) groups is 1. The minimum atomic E-state index is -3.77. The summed E-state index contributed by atoms with van der Waals surface area (Å²) >= 11 is 0. The maximum Gasteiger partial charge on any atom is 0.261 e. The quantitative estimate of drug-likeness (QED) is 0.744. The van der Waals surface area contributed by atoms with Crippen molar-refractivity contribution in [2.24, 2.45) is 0 Å². The lowest BCUT2D eigenvalue weighted by atomic mass is 10.2. The Balaban J connectivity index is 2.17. The molecule has 2 aromatic rings. The van der Waals surface area contributed by atoms with Crippen molar-refractivity contribution in [3.05, 3.63) is 54.1 Å². The zero-order valence-corrected chi connectivity index (χ0v) is 14.5. The highest BCUT2D eigenvalue weighted by Gasteiger charge is 2.15. The van der Waals surface area contributed by atoms with E-state index in [1.807, 2.05) is 6.92 Å². The Morgan fingerprint density at radius 3 is 2.56 bits per heavy atom. The van der Waals surface area contributed by atoms with Crippen LogP contribution in [-0.4, -0.2) is 27.5 Å². The van der Waals surface area contributed by atoms with Gasteiger partial charge in [-0.25, -0.2) is 8.42 Å². The van der Waals surface area contributed by atoms with Crippen LogP contribution in [0.1, 0.15) is 17.3 Å². The average Bonchev–Trinajstić information content (AvgIpc) is 2.60. The van der Waals surface area contributed by atoms with E-state index in [0.717, 1.165) is 0 Å². The molecular formula is C18H18N2O4S. The number of carbonyl (C=O) groups excluding carboxylic acids is 1. The minimum Gasteiger partial charge on any atom is -0.494 e. The molecule has 25 heavy (non-hydrogen) atoms. The molecule has 0 aliphatic carbocycles. The molecule has 0 aliphatic rings. The zero-order valence-electron chi connectivity index (χ0n) is 13.7. The predicted molar refractivity (Wildman–Crippen MR) is 96.0 cm³/mol. The van der Waals surface area contributed by atoms with Gasteiger partial charge >= 0.3 is 0 Å². The van der Waals surface area contributed by atoms with Gasteiger partial charge in [-0.1, -0.05) is 12.0 Å². The summed E-state index contributed by atoms with van der Waals surface area (Å²) in [7, 11) is -3.77. The number of terminal acetylenes is 1. The van der Waals surface area contributed by atoms with Gasteiger partial charge in [-0.05, 0) is 49.4 Å². The topological polar surface area (TPSA) is 84.5 Å². The van der Waals surface area contributed by atoms with Crippen molar-refractivity contribution in [3.8, 4) is 18.1 Å². The largest absolute Gasteiger partial charge is 0.494 e. The Morgan fingerprint density at radius 1 is 1.20 bits per heavy atom. The van der Waals surface area contributed by atoms with E-state index in [1.54, 1.807) is 30.3 Å². The van der Waals surface area contributed by atoms with Crippen LogP contribution in [-0.2, 0) is 10.0 Å². The van der Waals surface area contributed by atoms with E-state index >= 15 is 0 Å². The van der Waals surface area contributed by atoms with Crippen LogP contribution in [0.25, 0.3) is 0 Å². The monoisotopic (exact) mass is 358 g/mol. The molecule has 1 amide bonds. The van der Waals surface area contributed by atoms with E-state index in [-0.39, 0.29) is 23.0 Å². The van der Waals surface area contributed by atoms with Gasteiger partial charge in [-0.2, -0.15) is 0 Å². The van der Waals surface area contributed by atoms with Crippen LogP contribution < -0.4 is 14.8 Å². The number of rotatable bonds is 7. The molecule has 2 aromatic carbocycles. The molecule has 130 valence electrons. The fourth-order valence-corrected chi connectivity index (χ4v) is 3.10. The first-order valence-corrected chi connectivity index (χ1v) is 9.02. The van der Waals surface area contributed by atoms with Gasteiger partial charge in [0, 0.05) is 11.3 Å². The van der Waals surface area contributed by atoms with Crippen LogP contribution in [0.15, 0.2) is 53.4 Å². The molecule has 7 heteroatoms. The first kappa shape index (κ1) is 18.4. The molecule has 0 saturated heterocycles. The van der Waals surface area contributed by atoms with Crippen LogP contribution in [0.3, 0.4) is 0 Å². The van der Waals surface area contributed by atoms with E-state index in [9.17, 15) is 13.2 Å². The first-order chi connectivity index (χ1) is 12.0. The first-order valence-electron chi connectivity index (χ1n) is 7.53. The summed E-state index contributed by atoms with van der Waals surface area (Å²) in [6, 6.07) is 12.2. The highest BCUT2D eigenvalue weighted by molar-refractivity contribution is 7.92. The summed E-state index contributed by atoms with van der Waals surface area (Å²) < 4.78 is 32.6. The van der Waals surface area contributed by atoms with Gasteiger partial charge in [0.1, 0.15) is 5.75 Å². The molecule has 2 N–H and O–H groups in total. The van der Waals surface area contributed by atoms with E-state index in [1.165, 1.54) is 18.2 Å². The Morgan fingerprint density at radius 2 is 1.92 bits per heavy atom. The molecule has 0 spiro atoms. The number of sulfonamides is 1. The highest BCUT2D eigenvalue weighted by atomic mass is 32.2. The fraction of sp³-hybridized carbons (Fsp3) is 0.167. The summed E-state index contributed by atoms with van der Waals surface area (Å²) in [5.41, 5.74) is 0.587. The number of ether oxygens (including phenoxy) is 1. The van der Waals surface area contributed by atoms with Crippen molar-refractivity contribution in [1.82, 2.24) is 5.32 Å². The van der Waals surface area contributed by atoms with E-state index in [4.69, 9.17) is 11.2 Å². The second-order valence-electron chi connectivity index (χ2n) is 4.98. The number of hydrogen-bond donors (Lipinski definition) is 2. The normalized spacial score (nSPS) is 10.6. The van der Waals surface area contributed by atoms with Crippen LogP contribution in [0.5, 0.6) is 5.75 Å². The molecule has 0 bridgehead atoms. The van der Waals surface area contributed by atoms with Crippen LogP contribution in [0, 0.1) is 12.3 Å². The molecule has 0 atom stereocenters. The second-order valence-corrected chi connectivity index (χ2v) is 6.66. The van der Waals surface area contributed by atoms with Crippen molar-refractivity contribution in [1.29, 1.82) is 0 Å². The van der Waals surface area contributed by atoms with E-state index in [0.29, 0.717) is 17.9 Å². The Labute approximate surface area is 147 Å². The van der Waals surface area contributed by atoms with E-state index < -0.39 is 10.0 Å². The molecule has 0 saturated carbocycles. The summed E-state index contributed by atoms with van der Waals surface area (Å²) in [5.74, 6) is 2.52. The lowest BCUT2D eigenvalue weighted by Crippen LogP contribution is -2.23. The smallest absolute Gasteiger partial charge is 0.261 e. The number of amides is 1. The van der Waals surface area contributed by atoms with Crippen molar-refractivity contribution in [2.45, 2.75) is 11.8 Å². The van der Waals surface area contributed by atoms with Crippen molar-refractivity contribution in [3.63, 3.8) is 0 Å². The Bertz CT molecular complexity index is 884. The zero-order chi connectivity index (χ0) is 18.3. The maximum absolute atomic E-state index is 12.4. The fourth-order valence-electron chi connectivity index (χ4n) is 2.05. The van der Waals surface area contributed by atoms with Gasteiger partial charge < -0.3 is 10.1 Å². The molecule has 0 heterocycles. The van der Waals surface area contributed by atoms with Crippen LogP contribution >= 0.6 is 0 Å². The third-order valence-electron chi connectivity index (χ3n) is 3.17. The minimum absolute atomic E-state index is 0.0955. The lowest BCUT2D eigenvalue weighted by Gasteiger charge is -2.10. The molecule has 0 radical (unpaired) electrons. The van der Waals surface area contributed by atoms with E-state index in [2.05, 4.69) is 16.0 Å². The molecule has 0 unspecified atom stereocenters. The van der Waals surface area contributed by atoms with Gasteiger partial charge in [0.15, 0.2) is 0 Å². The number of anilines is 1. The summed E-state index contributed by atoms with van der Waals surface area (Å²) in [5, 5.41) is 2.52. The highest BCUT2D eigenvalue weighted by Crippen LogP contribution is 2.20. The van der Waals surface area contributed by atoms with Gasteiger partial charge in [0.05, 0.1) is 18.0 Å². The second kappa shape index (κ2) is 8.22. The molecule has 0 aromatic heterocycles. The van der Waals surface area contributed by atoms with Crippen molar-refractivity contribution >= 4 is 21.6 Å². The van der Waals surface area contributed by atoms with Gasteiger partial charge in [0.2, 0.25) is 0 Å². The summed E-state index contributed by atoms with van der Waals surface area (Å²) in [4.78, 5) is 12.0. The SMILES string of the molecule is C#CCNC(=O)c1cccc(NS(=O)(=O)c2ccc(OCC)cc2)c1. The predicted octanol–water partition coefficient (Wildman–Crippen LogP) is 2.25. The average molecular weight is 358 g/mol. The summed E-state index contributed by atoms with van der Waals surface area (Å²) in [6.07, 6.45) is 5.10. The third-order valence-corrected chi connectivity index (χ3v) is 4.57. The number of benzene rings is 2.